The van der Waals surface area contributed by atoms with Gasteiger partial charge in [0.05, 0.1) is 6.61 Å². The lowest BCUT2D eigenvalue weighted by molar-refractivity contribution is -0.146. The van der Waals surface area contributed by atoms with Crippen LogP contribution in [0.15, 0.2) is 0 Å². The number of likely N-dealkylation sites (N-methyl/N-ethyl adjacent to an activating group) is 1. The van der Waals surface area contributed by atoms with Gasteiger partial charge in [0.1, 0.15) is 6.04 Å². The normalized spacial score (nSPS) is 24.3. The Kier molecular flexibility index (Phi) is 4.59. The Labute approximate surface area is 83.6 Å². The zero-order valence-corrected chi connectivity index (χ0v) is 9.02. The molecule has 0 aliphatic carbocycles. The highest BCUT2D eigenvalue weighted by molar-refractivity contribution is 7.99. The Morgan fingerprint density at radius 1 is 1.77 bits per heavy atom. The van der Waals surface area contributed by atoms with Gasteiger partial charge in [0.2, 0.25) is 0 Å². The summed E-state index contributed by atoms with van der Waals surface area (Å²) in [6.07, 6.45) is 1.12. The van der Waals surface area contributed by atoms with Gasteiger partial charge in [0, 0.05) is 0 Å². The highest BCUT2D eigenvalue weighted by atomic mass is 32.2. The highest BCUT2D eigenvalue weighted by Gasteiger charge is 2.30. The van der Waals surface area contributed by atoms with E-state index in [9.17, 15) is 4.79 Å². The van der Waals surface area contributed by atoms with E-state index in [1.165, 1.54) is 5.75 Å². The van der Waals surface area contributed by atoms with E-state index in [-0.39, 0.29) is 12.0 Å². The van der Waals surface area contributed by atoms with Crippen molar-refractivity contribution < 1.29 is 9.53 Å². The molecule has 1 N–H and O–H groups in total. The highest BCUT2D eigenvalue weighted by Crippen LogP contribution is 2.26. The van der Waals surface area contributed by atoms with Gasteiger partial charge in [-0.25, -0.2) is 0 Å². The monoisotopic (exact) mass is 203 g/mol. The number of thioether (sulfide) groups is 1. The topological polar surface area (TPSA) is 38.3 Å². The van der Waals surface area contributed by atoms with E-state index in [0.29, 0.717) is 12.5 Å². The van der Waals surface area contributed by atoms with Crippen LogP contribution >= 0.6 is 11.8 Å². The zero-order chi connectivity index (χ0) is 9.68. The molecule has 3 nitrogen and oxygen atoms in total. The molecule has 1 heterocycles. The molecule has 0 aromatic carbocycles. The average molecular weight is 203 g/mol. The molecule has 0 amide bonds. The number of nitrogens with one attached hydrogen (secondary N) is 1. The maximum Gasteiger partial charge on any atom is 0.323 e. The van der Waals surface area contributed by atoms with Crippen molar-refractivity contribution in [2.75, 3.05) is 25.2 Å². The maximum atomic E-state index is 11.5. The first-order valence-corrected chi connectivity index (χ1v) is 5.86. The van der Waals surface area contributed by atoms with Gasteiger partial charge < -0.3 is 10.1 Å². The van der Waals surface area contributed by atoms with Crippen LogP contribution in [-0.4, -0.2) is 37.2 Å². The molecule has 1 fully saturated rings. The molecule has 13 heavy (non-hydrogen) atoms. The molecule has 1 aliphatic heterocycles. The number of hydrogen-bond acceptors (Lipinski definition) is 4. The number of hydrogen-bond donors (Lipinski definition) is 1. The van der Waals surface area contributed by atoms with Gasteiger partial charge in [-0.1, -0.05) is 0 Å². The maximum absolute atomic E-state index is 11.5. The Hall–Kier alpha value is -0.220. The molecular formula is C9H17NO2S. The predicted octanol–water partition coefficient (Wildman–Crippen LogP) is 0.891. The van der Waals surface area contributed by atoms with Crippen LogP contribution in [0.4, 0.5) is 0 Å². The molecule has 0 bridgehead atoms. The molecule has 1 aliphatic rings. The summed E-state index contributed by atoms with van der Waals surface area (Å²) in [5, 5.41) is 3.04. The molecule has 2 atom stereocenters. The lowest BCUT2D eigenvalue weighted by Crippen LogP contribution is -2.42. The van der Waals surface area contributed by atoms with Gasteiger partial charge in [-0.05, 0) is 37.8 Å². The fourth-order valence-corrected chi connectivity index (χ4v) is 2.89. The number of rotatable bonds is 4. The SMILES string of the molecule is CCOC(=O)C(NC)C1CCSC1. The molecule has 1 rings (SSSR count). The van der Waals surface area contributed by atoms with Crippen LogP contribution in [0.5, 0.6) is 0 Å². The summed E-state index contributed by atoms with van der Waals surface area (Å²) in [5.41, 5.74) is 0. The van der Waals surface area contributed by atoms with Crippen LogP contribution < -0.4 is 5.32 Å². The Morgan fingerprint density at radius 2 is 2.54 bits per heavy atom. The van der Waals surface area contributed by atoms with Gasteiger partial charge >= 0.3 is 5.97 Å². The van der Waals surface area contributed by atoms with Gasteiger partial charge in [-0.15, -0.1) is 0 Å². The third kappa shape index (κ3) is 2.88. The number of esters is 1. The molecule has 2 unspecified atom stereocenters. The number of carbonyl (C=O) groups excluding carboxylic acids is 1. The smallest absolute Gasteiger partial charge is 0.323 e. The fourth-order valence-electron chi connectivity index (χ4n) is 1.59. The second-order valence-electron chi connectivity index (χ2n) is 3.14. The molecule has 1 saturated heterocycles. The van der Waals surface area contributed by atoms with Crippen LogP contribution in [0, 0.1) is 5.92 Å². The molecule has 0 radical (unpaired) electrons. The molecule has 0 aromatic rings. The second kappa shape index (κ2) is 5.50. The summed E-state index contributed by atoms with van der Waals surface area (Å²) in [7, 11) is 1.82. The second-order valence-corrected chi connectivity index (χ2v) is 4.29. The van der Waals surface area contributed by atoms with E-state index in [0.717, 1.165) is 12.2 Å². The minimum Gasteiger partial charge on any atom is -0.465 e. The van der Waals surface area contributed by atoms with Crippen molar-refractivity contribution in [1.29, 1.82) is 0 Å². The van der Waals surface area contributed by atoms with Gasteiger partial charge in [-0.3, -0.25) is 4.79 Å². The fraction of sp³-hybridized carbons (Fsp3) is 0.889. The van der Waals surface area contributed by atoms with Crippen molar-refractivity contribution in [2.24, 2.45) is 5.92 Å². The zero-order valence-electron chi connectivity index (χ0n) is 8.21. The first-order valence-electron chi connectivity index (χ1n) is 4.71. The largest absolute Gasteiger partial charge is 0.465 e. The van der Waals surface area contributed by atoms with E-state index >= 15 is 0 Å². The summed E-state index contributed by atoms with van der Waals surface area (Å²) < 4.78 is 5.00. The lowest BCUT2D eigenvalue weighted by atomic mass is 10.00. The van der Waals surface area contributed by atoms with Crippen LogP contribution in [0.2, 0.25) is 0 Å². The van der Waals surface area contributed by atoms with Crippen molar-refractivity contribution >= 4 is 17.7 Å². The average Bonchev–Trinajstić information content (AvgIpc) is 2.59. The first-order chi connectivity index (χ1) is 6.29. The summed E-state index contributed by atoms with van der Waals surface area (Å²) in [6, 6.07) is -0.102. The van der Waals surface area contributed by atoms with E-state index in [2.05, 4.69) is 5.32 Å². The van der Waals surface area contributed by atoms with Crippen molar-refractivity contribution in [1.82, 2.24) is 5.32 Å². The molecular weight excluding hydrogens is 186 g/mol. The third-order valence-electron chi connectivity index (χ3n) is 2.29. The summed E-state index contributed by atoms with van der Waals surface area (Å²) >= 11 is 1.91. The van der Waals surface area contributed by atoms with Crippen LogP contribution in [-0.2, 0) is 9.53 Å². The van der Waals surface area contributed by atoms with Gasteiger partial charge in [-0.2, -0.15) is 11.8 Å². The van der Waals surface area contributed by atoms with E-state index < -0.39 is 0 Å². The lowest BCUT2D eigenvalue weighted by Gasteiger charge is -2.19. The number of carbonyl (C=O) groups is 1. The molecule has 0 saturated carbocycles. The molecule has 4 heteroatoms. The minimum atomic E-state index is -0.102. The third-order valence-corrected chi connectivity index (χ3v) is 3.48. The molecule has 0 aromatic heterocycles. The predicted molar refractivity (Wildman–Crippen MR) is 54.9 cm³/mol. The summed E-state index contributed by atoms with van der Waals surface area (Å²) in [5.74, 6) is 2.60. The summed E-state index contributed by atoms with van der Waals surface area (Å²) in [6.45, 7) is 2.31. The Morgan fingerprint density at radius 3 is 3.00 bits per heavy atom. The minimum absolute atomic E-state index is 0.0995. The van der Waals surface area contributed by atoms with Gasteiger partial charge in [0.25, 0.3) is 0 Å². The first kappa shape index (κ1) is 10.9. The van der Waals surface area contributed by atoms with E-state index in [4.69, 9.17) is 4.74 Å². The quantitative estimate of drug-likeness (QED) is 0.689. The van der Waals surface area contributed by atoms with Crippen molar-refractivity contribution in [3.63, 3.8) is 0 Å². The summed E-state index contributed by atoms with van der Waals surface area (Å²) in [4.78, 5) is 11.5. The van der Waals surface area contributed by atoms with Crippen LogP contribution in [0.3, 0.4) is 0 Å². The van der Waals surface area contributed by atoms with Crippen LogP contribution in [0.25, 0.3) is 0 Å². The molecule has 76 valence electrons. The standard InChI is InChI=1S/C9H17NO2S/c1-3-12-9(11)8(10-2)7-4-5-13-6-7/h7-8,10H,3-6H2,1-2H3. The van der Waals surface area contributed by atoms with Crippen LogP contribution in [0.1, 0.15) is 13.3 Å². The molecule has 0 spiro atoms. The van der Waals surface area contributed by atoms with Crippen molar-refractivity contribution in [3.8, 4) is 0 Å². The Bertz CT molecular complexity index is 169. The van der Waals surface area contributed by atoms with Crippen molar-refractivity contribution in [2.45, 2.75) is 19.4 Å². The van der Waals surface area contributed by atoms with E-state index in [1.54, 1.807) is 0 Å². The Balaban J connectivity index is 2.44. The number of ether oxygens (including phenoxy) is 1. The van der Waals surface area contributed by atoms with Crippen molar-refractivity contribution in [3.05, 3.63) is 0 Å². The van der Waals surface area contributed by atoms with E-state index in [1.807, 2.05) is 25.7 Å². The van der Waals surface area contributed by atoms with Gasteiger partial charge in [0.15, 0.2) is 0 Å².